The molecule has 0 aromatic heterocycles. The number of allylic oxidation sites excluding steroid dienone is 2. The molecule has 2 N–H and O–H groups in total. The molecule has 0 unspecified atom stereocenters. The van der Waals surface area contributed by atoms with Crippen LogP contribution in [0.5, 0.6) is 0 Å². The number of halogens is 2. The molecule has 0 fully saturated rings. The summed E-state index contributed by atoms with van der Waals surface area (Å²) in [6.45, 7) is 2.70. The second kappa shape index (κ2) is 3.32. The Kier molecular flexibility index (Phi) is 3.03. The van der Waals surface area contributed by atoms with Crippen molar-refractivity contribution in [2.75, 3.05) is 6.54 Å². The maximum atomic E-state index is 11.8. The van der Waals surface area contributed by atoms with Gasteiger partial charge in [0.15, 0.2) is 11.7 Å². The van der Waals surface area contributed by atoms with Gasteiger partial charge in [-0.15, -0.1) is 0 Å². The van der Waals surface area contributed by atoms with Crippen LogP contribution in [0.2, 0.25) is 0 Å². The molecule has 0 heterocycles. The Balaban J connectivity index is 3.80. The van der Waals surface area contributed by atoms with Crippen molar-refractivity contribution >= 4 is 0 Å². The smallest absolute Gasteiger partial charge is 0.155 e. The van der Waals surface area contributed by atoms with E-state index in [1.807, 2.05) is 0 Å². The first-order chi connectivity index (χ1) is 3.68. The van der Waals surface area contributed by atoms with Crippen molar-refractivity contribution in [2.24, 2.45) is 5.73 Å². The summed E-state index contributed by atoms with van der Waals surface area (Å²) < 4.78 is 23.4. The number of nitrogens with two attached hydrogens (primary N) is 1. The molecule has 0 amide bonds. The highest BCUT2D eigenvalue weighted by atomic mass is 19.2. The molecule has 0 aromatic carbocycles. The summed E-state index contributed by atoms with van der Waals surface area (Å²) in [5, 5.41) is 0. The lowest BCUT2D eigenvalue weighted by Crippen LogP contribution is -1.93. The number of hydrogen-bond donors (Lipinski definition) is 1. The first-order valence-corrected chi connectivity index (χ1v) is 2.09. The van der Waals surface area contributed by atoms with Gasteiger partial charge in [-0.25, -0.2) is 8.78 Å². The van der Waals surface area contributed by atoms with Crippen molar-refractivity contribution in [1.29, 1.82) is 0 Å². The zero-order valence-electron chi connectivity index (χ0n) is 4.32. The van der Waals surface area contributed by atoms with Crippen LogP contribution in [0.15, 0.2) is 24.3 Å². The maximum absolute atomic E-state index is 11.8. The number of hydrogen-bond acceptors (Lipinski definition) is 1. The van der Waals surface area contributed by atoms with Crippen LogP contribution in [-0.4, -0.2) is 6.54 Å². The minimum atomic E-state index is -1.07. The van der Waals surface area contributed by atoms with E-state index in [1.165, 1.54) is 0 Å². The van der Waals surface area contributed by atoms with Crippen molar-refractivity contribution in [3.05, 3.63) is 24.3 Å². The molecule has 1 nitrogen and oxygen atoms in total. The van der Waals surface area contributed by atoms with Gasteiger partial charge in [0.25, 0.3) is 0 Å². The van der Waals surface area contributed by atoms with Crippen molar-refractivity contribution in [2.45, 2.75) is 0 Å². The first kappa shape index (κ1) is 7.30. The van der Waals surface area contributed by atoms with Gasteiger partial charge in [-0.1, -0.05) is 6.58 Å². The van der Waals surface area contributed by atoms with Crippen molar-refractivity contribution < 1.29 is 8.78 Å². The molecule has 8 heavy (non-hydrogen) atoms. The summed E-state index contributed by atoms with van der Waals surface area (Å²) in [7, 11) is 0. The van der Waals surface area contributed by atoms with Gasteiger partial charge >= 0.3 is 0 Å². The summed E-state index contributed by atoms with van der Waals surface area (Å²) in [4.78, 5) is 0. The Morgan fingerprint density at radius 1 is 1.62 bits per heavy atom. The molecule has 0 rings (SSSR count). The molecule has 3 heteroatoms. The summed E-state index contributed by atoms with van der Waals surface area (Å²) >= 11 is 0. The van der Waals surface area contributed by atoms with E-state index in [-0.39, 0.29) is 6.54 Å². The zero-order chi connectivity index (χ0) is 6.57. The zero-order valence-corrected chi connectivity index (χ0v) is 4.32. The minimum absolute atomic E-state index is 0.00519. The lowest BCUT2D eigenvalue weighted by molar-refractivity contribution is 0.545. The molecule has 0 aliphatic heterocycles. The van der Waals surface area contributed by atoms with Crippen LogP contribution >= 0.6 is 0 Å². The monoisotopic (exact) mass is 119 g/mol. The second-order valence-electron chi connectivity index (χ2n) is 1.19. The Morgan fingerprint density at radius 3 is 2.25 bits per heavy atom. The molecule has 0 bridgehead atoms. The van der Waals surface area contributed by atoms with Crippen molar-refractivity contribution in [1.82, 2.24) is 0 Å². The molecule has 46 valence electrons. The van der Waals surface area contributed by atoms with Crippen molar-refractivity contribution in [3.8, 4) is 0 Å². The fraction of sp³-hybridized carbons (Fsp3) is 0.200. The Labute approximate surface area is 46.5 Å². The van der Waals surface area contributed by atoms with Gasteiger partial charge in [0.05, 0.1) is 0 Å². The predicted octanol–water partition coefficient (Wildman–Crippen LogP) is 1.28. The Bertz CT molecular complexity index is 118. The molecule has 0 saturated heterocycles. The lowest BCUT2D eigenvalue weighted by Gasteiger charge is -1.85. The molecule has 0 aliphatic rings. The van der Waals surface area contributed by atoms with E-state index in [0.717, 1.165) is 6.08 Å². The fourth-order valence-electron chi connectivity index (χ4n) is 0.214. The quantitative estimate of drug-likeness (QED) is 0.544. The third-order valence-corrected chi connectivity index (χ3v) is 0.556. The summed E-state index contributed by atoms with van der Waals surface area (Å²) in [5.74, 6) is -2.05. The fourth-order valence-corrected chi connectivity index (χ4v) is 0.214. The van der Waals surface area contributed by atoms with Crippen LogP contribution < -0.4 is 5.73 Å². The van der Waals surface area contributed by atoms with E-state index in [0.29, 0.717) is 0 Å². The highest BCUT2D eigenvalue weighted by Gasteiger charge is 1.94. The highest BCUT2D eigenvalue weighted by molar-refractivity contribution is 5.14. The second-order valence-corrected chi connectivity index (χ2v) is 1.19. The standard InChI is InChI=1S/C5H7F2N/c1-4(6)5(7)2-3-8/h2H,1,3,8H2/b5-2+. The summed E-state index contributed by atoms with van der Waals surface area (Å²) in [5.41, 5.74) is 4.84. The van der Waals surface area contributed by atoms with Gasteiger partial charge in [-0.2, -0.15) is 0 Å². The third-order valence-electron chi connectivity index (χ3n) is 0.556. The van der Waals surface area contributed by atoms with E-state index in [2.05, 4.69) is 6.58 Å². The van der Waals surface area contributed by atoms with Crippen LogP contribution in [0.1, 0.15) is 0 Å². The van der Waals surface area contributed by atoms with Gasteiger partial charge in [0.1, 0.15) is 0 Å². The highest BCUT2D eigenvalue weighted by Crippen LogP contribution is 2.07. The van der Waals surface area contributed by atoms with Crippen LogP contribution in [-0.2, 0) is 0 Å². The lowest BCUT2D eigenvalue weighted by atomic mass is 10.4. The third kappa shape index (κ3) is 2.47. The summed E-state index contributed by atoms with van der Waals surface area (Å²) in [6.07, 6.45) is 0.919. The Morgan fingerprint density at radius 2 is 2.12 bits per heavy atom. The first-order valence-electron chi connectivity index (χ1n) is 2.09. The molecular formula is C5H7F2N. The van der Waals surface area contributed by atoms with Crippen LogP contribution in [0.25, 0.3) is 0 Å². The van der Waals surface area contributed by atoms with Crippen LogP contribution in [0.4, 0.5) is 8.78 Å². The van der Waals surface area contributed by atoms with Gasteiger partial charge < -0.3 is 5.73 Å². The normalized spacial score (nSPS) is 11.6. The van der Waals surface area contributed by atoms with E-state index >= 15 is 0 Å². The number of rotatable bonds is 2. The average molecular weight is 119 g/mol. The predicted molar refractivity (Wildman–Crippen MR) is 28.5 cm³/mol. The van der Waals surface area contributed by atoms with Gasteiger partial charge in [-0.05, 0) is 6.08 Å². The minimum Gasteiger partial charge on any atom is -0.327 e. The van der Waals surface area contributed by atoms with Crippen molar-refractivity contribution in [3.63, 3.8) is 0 Å². The largest absolute Gasteiger partial charge is 0.327 e. The van der Waals surface area contributed by atoms with Crippen LogP contribution in [0.3, 0.4) is 0 Å². The maximum Gasteiger partial charge on any atom is 0.155 e. The van der Waals surface area contributed by atoms with Crippen LogP contribution in [0, 0.1) is 0 Å². The Hall–Kier alpha value is -0.700. The topological polar surface area (TPSA) is 26.0 Å². The molecule has 0 radical (unpaired) electrons. The van der Waals surface area contributed by atoms with Gasteiger partial charge in [0, 0.05) is 6.54 Å². The molecule has 0 aromatic rings. The molecule has 0 atom stereocenters. The average Bonchev–Trinajstić information content (AvgIpc) is 1.67. The van der Waals surface area contributed by atoms with Gasteiger partial charge in [0.2, 0.25) is 0 Å². The van der Waals surface area contributed by atoms with E-state index in [4.69, 9.17) is 5.73 Å². The van der Waals surface area contributed by atoms with Gasteiger partial charge in [-0.3, -0.25) is 0 Å². The SMILES string of the molecule is C=C(F)/C(F)=C\CN. The molecule has 0 aliphatic carbocycles. The van der Waals surface area contributed by atoms with E-state index in [9.17, 15) is 8.78 Å². The molecule has 0 saturated carbocycles. The molecule has 0 spiro atoms. The molecular weight excluding hydrogens is 112 g/mol. The van der Waals surface area contributed by atoms with E-state index < -0.39 is 11.7 Å². The summed E-state index contributed by atoms with van der Waals surface area (Å²) in [6, 6.07) is 0. The van der Waals surface area contributed by atoms with E-state index in [1.54, 1.807) is 0 Å².